The first kappa shape index (κ1) is 20.6. The van der Waals surface area contributed by atoms with Crippen LogP contribution in [0, 0.1) is 0 Å². The Balaban J connectivity index is 1.37. The van der Waals surface area contributed by atoms with Crippen molar-refractivity contribution in [1.82, 2.24) is 20.0 Å². The molecule has 7 heteroatoms. The highest BCUT2D eigenvalue weighted by Gasteiger charge is 2.27. The number of likely N-dealkylation sites (tertiary alicyclic amines) is 1. The summed E-state index contributed by atoms with van der Waals surface area (Å²) in [5.74, 6) is 3.09. The van der Waals surface area contributed by atoms with Crippen LogP contribution in [0.4, 0.5) is 0 Å². The molecule has 162 valence electrons. The number of hydrogen-bond donors (Lipinski definition) is 1. The highest BCUT2D eigenvalue weighted by Crippen LogP contribution is 2.32. The number of guanidine groups is 1. The van der Waals surface area contributed by atoms with E-state index in [0.717, 1.165) is 55.4 Å². The van der Waals surface area contributed by atoms with Crippen LogP contribution in [0.3, 0.4) is 0 Å². The van der Waals surface area contributed by atoms with Gasteiger partial charge in [0.05, 0.1) is 19.4 Å². The maximum absolute atomic E-state index is 6.23. The van der Waals surface area contributed by atoms with Crippen LogP contribution in [0.5, 0.6) is 11.5 Å². The number of hydrogen-bond acceptors (Lipinski definition) is 4. The highest BCUT2D eigenvalue weighted by atomic mass is 16.5. The van der Waals surface area contributed by atoms with Crippen LogP contribution in [0.15, 0.2) is 35.6 Å². The van der Waals surface area contributed by atoms with Crippen molar-refractivity contribution in [2.24, 2.45) is 12.0 Å². The van der Waals surface area contributed by atoms with E-state index in [4.69, 9.17) is 9.47 Å². The Kier molecular flexibility index (Phi) is 6.45. The van der Waals surface area contributed by atoms with E-state index in [1.165, 1.54) is 18.4 Å². The van der Waals surface area contributed by atoms with Crippen molar-refractivity contribution < 1.29 is 9.47 Å². The summed E-state index contributed by atoms with van der Waals surface area (Å²) < 4.78 is 13.6. The lowest BCUT2D eigenvalue weighted by Crippen LogP contribution is -2.39. The van der Waals surface area contributed by atoms with Crippen molar-refractivity contribution in [3.63, 3.8) is 0 Å². The molecule has 30 heavy (non-hydrogen) atoms. The van der Waals surface area contributed by atoms with Gasteiger partial charge in [-0.2, -0.15) is 5.10 Å². The number of methoxy groups -OCH3 is 1. The second-order valence-electron chi connectivity index (χ2n) is 8.29. The molecule has 0 bridgehead atoms. The lowest BCUT2D eigenvalue weighted by molar-refractivity contribution is 0.200. The molecule has 0 radical (unpaired) electrons. The van der Waals surface area contributed by atoms with Gasteiger partial charge in [-0.25, -0.2) is 0 Å². The van der Waals surface area contributed by atoms with Gasteiger partial charge >= 0.3 is 0 Å². The Bertz CT molecular complexity index is 872. The summed E-state index contributed by atoms with van der Waals surface area (Å²) in [4.78, 5) is 6.84. The molecule has 7 nitrogen and oxygen atoms in total. The van der Waals surface area contributed by atoms with Crippen molar-refractivity contribution >= 4 is 5.96 Å². The predicted molar refractivity (Wildman–Crippen MR) is 118 cm³/mol. The second kappa shape index (κ2) is 9.41. The molecule has 2 aliphatic rings. The number of ether oxygens (including phenoxy) is 2. The van der Waals surface area contributed by atoms with Crippen molar-refractivity contribution in [3.05, 3.63) is 41.7 Å². The third kappa shape index (κ3) is 4.71. The lowest BCUT2D eigenvalue weighted by Gasteiger charge is -2.22. The summed E-state index contributed by atoms with van der Waals surface area (Å²) in [6.07, 6.45) is 10.3. The largest absolute Gasteiger partial charge is 0.493 e. The zero-order chi connectivity index (χ0) is 20.9. The van der Waals surface area contributed by atoms with Gasteiger partial charge in [0.25, 0.3) is 0 Å². The first-order valence-corrected chi connectivity index (χ1v) is 10.9. The number of nitrogens with zero attached hydrogens (tertiary/aromatic N) is 4. The van der Waals surface area contributed by atoms with Crippen LogP contribution in [-0.4, -0.2) is 54.0 Å². The average molecular weight is 412 g/mol. The first-order chi connectivity index (χ1) is 14.7. The number of nitrogens with one attached hydrogen (secondary N) is 1. The summed E-state index contributed by atoms with van der Waals surface area (Å²) in [5, 5.41) is 7.84. The molecule has 0 amide bonds. The minimum absolute atomic E-state index is 0.309. The third-order valence-electron chi connectivity index (χ3n) is 6.17. The Morgan fingerprint density at radius 3 is 2.77 bits per heavy atom. The fourth-order valence-corrected chi connectivity index (χ4v) is 4.50. The van der Waals surface area contributed by atoms with E-state index in [2.05, 4.69) is 38.6 Å². The van der Waals surface area contributed by atoms with E-state index in [9.17, 15) is 0 Å². The fraction of sp³-hybridized carbons (Fsp3) is 0.565. The van der Waals surface area contributed by atoms with Crippen molar-refractivity contribution in [1.29, 1.82) is 0 Å². The summed E-state index contributed by atoms with van der Waals surface area (Å²) in [6.45, 7) is 2.66. The second-order valence-corrected chi connectivity index (χ2v) is 8.29. The van der Waals surface area contributed by atoms with Crippen molar-refractivity contribution in [3.8, 4) is 11.5 Å². The molecule has 2 heterocycles. The molecule has 0 spiro atoms. The molecule has 1 aromatic carbocycles. The van der Waals surface area contributed by atoms with E-state index < -0.39 is 0 Å². The van der Waals surface area contributed by atoms with E-state index in [0.29, 0.717) is 18.6 Å². The van der Waals surface area contributed by atoms with Gasteiger partial charge in [0.15, 0.2) is 17.5 Å². The van der Waals surface area contributed by atoms with Crippen molar-refractivity contribution in [2.75, 3.05) is 27.2 Å². The van der Waals surface area contributed by atoms with Gasteiger partial charge in [-0.1, -0.05) is 6.07 Å². The Hall–Kier alpha value is -2.70. The molecule has 1 saturated carbocycles. The van der Waals surface area contributed by atoms with Gasteiger partial charge in [-0.05, 0) is 55.4 Å². The molecule has 1 aromatic heterocycles. The van der Waals surface area contributed by atoms with Gasteiger partial charge in [-0.15, -0.1) is 0 Å². The monoisotopic (exact) mass is 411 g/mol. The van der Waals surface area contributed by atoms with Gasteiger partial charge in [0.1, 0.15) is 0 Å². The highest BCUT2D eigenvalue weighted by molar-refractivity contribution is 5.80. The number of aromatic nitrogens is 2. The van der Waals surface area contributed by atoms with Gasteiger partial charge in [0, 0.05) is 45.8 Å². The molecule has 1 unspecified atom stereocenters. The predicted octanol–water partition coefficient (Wildman–Crippen LogP) is 3.32. The van der Waals surface area contributed by atoms with Crippen LogP contribution < -0.4 is 14.8 Å². The van der Waals surface area contributed by atoms with Crippen LogP contribution >= 0.6 is 0 Å². The van der Waals surface area contributed by atoms with E-state index in [1.54, 1.807) is 7.11 Å². The molecular formula is C23H33N5O2. The van der Waals surface area contributed by atoms with E-state index in [-0.39, 0.29) is 0 Å². The van der Waals surface area contributed by atoms with Crippen LogP contribution in [-0.2, 0) is 13.6 Å². The minimum Gasteiger partial charge on any atom is -0.493 e. The standard InChI is InChI=1S/C23H33N5O2/c1-24-23(28-11-10-18(16-28)19-14-26-27(2)15-19)25-13-17-8-9-21(29-3)22(12-17)30-20-6-4-5-7-20/h8-9,12,14-15,18,20H,4-7,10-11,13,16H2,1-3H3,(H,24,25). The number of aliphatic imine (C=N–C) groups is 1. The number of benzene rings is 1. The number of rotatable bonds is 6. The Morgan fingerprint density at radius 2 is 2.07 bits per heavy atom. The van der Waals surface area contributed by atoms with Crippen LogP contribution in [0.2, 0.25) is 0 Å². The summed E-state index contributed by atoms with van der Waals surface area (Å²) in [5.41, 5.74) is 2.47. The molecule has 4 rings (SSSR count). The fourth-order valence-electron chi connectivity index (χ4n) is 4.50. The van der Waals surface area contributed by atoms with E-state index >= 15 is 0 Å². The minimum atomic E-state index is 0.309. The SMILES string of the molecule is CN=C(NCc1ccc(OC)c(OC2CCCC2)c1)N1CCC(c2cnn(C)c2)C1. The Morgan fingerprint density at radius 1 is 1.23 bits per heavy atom. The van der Waals surface area contributed by atoms with Gasteiger partial charge < -0.3 is 19.7 Å². The normalized spacial score (nSPS) is 20.0. The molecule has 1 atom stereocenters. The maximum Gasteiger partial charge on any atom is 0.193 e. The topological polar surface area (TPSA) is 63.9 Å². The zero-order valence-corrected chi connectivity index (χ0v) is 18.3. The lowest BCUT2D eigenvalue weighted by atomic mass is 10.0. The summed E-state index contributed by atoms with van der Waals surface area (Å²) in [7, 11) is 5.52. The van der Waals surface area contributed by atoms with Gasteiger partial charge in [-0.3, -0.25) is 9.67 Å². The summed E-state index contributed by atoms with van der Waals surface area (Å²) >= 11 is 0. The zero-order valence-electron chi connectivity index (χ0n) is 18.3. The first-order valence-electron chi connectivity index (χ1n) is 10.9. The smallest absolute Gasteiger partial charge is 0.193 e. The molecule has 2 aromatic rings. The summed E-state index contributed by atoms with van der Waals surface area (Å²) in [6, 6.07) is 6.18. The maximum atomic E-state index is 6.23. The number of aryl methyl sites for hydroxylation is 1. The molecule has 1 aliphatic carbocycles. The molecule has 1 aliphatic heterocycles. The Labute approximate surface area is 179 Å². The van der Waals surface area contributed by atoms with E-state index in [1.807, 2.05) is 31.0 Å². The van der Waals surface area contributed by atoms with Crippen LogP contribution in [0.25, 0.3) is 0 Å². The molecule has 1 saturated heterocycles. The third-order valence-corrected chi connectivity index (χ3v) is 6.17. The quantitative estimate of drug-likeness (QED) is 0.584. The van der Waals surface area contributed by atoms with Crippen LogP contribution in [0.1, 0.15) is 49.1 Å². The molecular weight excluding hydrogens is 378 g/mol. The average Bonchev–Trinajstić information content (AvgIpc) is 3.51. The van der Waals surface area contributed by atoms with Gasteiger partial charge in [0.2, 0.25) is 0 Å². The van der Waals surface area contributed by atoms with Crippen molar-refractivity contribution in [2.45, 2.75) is 50.7 Å². The molecule has 2 fully saturated rings. The molecule has 1 N–H and O–H groups in total.